The highest BCUT2D eigenvalue weighted by molar-refractivity contribution is 5.79. The fourth-order valence-electron chi connectivity index (χ4n) is 1.36. The Labute approximate surface area is 112 Å². The number of rotatable bonds is 2. The number of anilines is 1. The topological polar surface area (TPSA) is 72.5 Å². The first-order valence-corrected chi connectivity index (χ1v) is 5.71. The van der Waals surface area contributed by atoms with Crippen LogP contribution in [0.5, 0.6) is 11.5 Å². The fraction of sp³-hybridized carbons (Fsp3) is 0.133. The number of aromatic hydroxyl groups is 1. The molecule has 2 aromatic rings. The normalized spacial score (nSPS) is 9.16. The highest BCUT2D eigenvalue weighted by atomic mass is 16.5. The molecular formula is C15H17NO3. The average Bonchev–Trinajstić information content (AvgIpc) is 2.40. The number of benzene rings is 2. The van der Waals surface area contributed by atoms with Crippen molar-refractivity contribution in [1.82, 2.24) is 0 Å². The maximum Gasteiger partial charge on any atom is 0.153 e. The SMILES string of the molecule is COc1ccc(N)cc1.Cc1ccc(C=O)c(O)c1. The van der Waals surface area contributed by atoms with Gasteiger partial charge in [-0.05, 0) is 48.9 Å². The predicted molar refractivity (Wildman–Crippen MR) is 75.6 cm³/mol. The highest BCUT2D eigenvalue weighted by Crippen LogP contribution is 2.15. The van der Waals surface area contributed by atoms with E-state index in [4.69, 9.17) is 15.6 Å². The van der Waals surface area contributed by atoms with Crippen LogP contribution in [0.15, 0.2) is 42.5 Å². The molecule has 0 radical (unpaired) electrons. The molecule has 0 aliphatic heterocycles. The molecule has 0 amide bonds. The number of carbonyl (C=O) groups excluding carboxylic acids is 1. The molecule has 4 nitrogen and oxygen atoms in total. The van der Waals surface area contributed by atoms with Gasteiger partial charge in [0.1, 0.15) is 11.5 Å². The van der Waals surface area contributed by atoms with Crippen molar-refractivity contribution in [2.75, 3.05) is 12.8 Å². The molecule has 0 bridgehead atoms. The summed E-state index contributed by atoms with van der Waals surface area (Å²) in [5, 5.41) is 9.06. The lowest BCUT2D eigenvalue weighted by atomic mass is 10.1. The molecule has 100 valence electrons. The Morgan fingerprint density at radius 3 is 2.26 bits per heavy atom. The van der Waals surface area contributed by atoms with Gasteiger partial charge in [0.25, 0.3) is 0 Å². The second kappa shape index (κ2) is 7.06. The van der Waals surface area contributed by atoms with E-state index in [2.05, 4.69) is 0 Å². The summed E-state index contributed by atoms with van der Waals surface area (Å²) in [6.45, 7) is 1.86. The first-order valence-electron chi connectivity index (χ1n) is 5.71. The second-order valence-corrected chi connectivity index (χ2v) is 3.95. The first kappa shape index (κ1) is 14.6. The number of carbonyl (C=O) groups is 1. The van der Waals surface area contributed by atoms with Gasteiger partial charge in [-0.15, -0.1) is 0 Å². The van der Waals surface area contributed by atoms with E-state index < -0.39 is 0 Å². The smallest absolute Gasteiger partial charge is 0.153 e. The zero-order valence-corrected chi connectivity index (χ0v) is 11.0. The Morgan fingerprint density at radius 1 is 1.16 bits per heavy atom. The first-order chi connectivity index (χ1) is 9.06. The lowest BCUT2D eigenvalue weighted by Gasteiger charge is -1.97. The van der Waals surface area contributed by atoms with Crippen LogP contribution in [0, 0.1) is 6.92 Å². The minimum Gasteiger partial charge on any atom is -0.507 e. The van der Waals surface area contributed by atoms with Gasteiger partial charge in [0.05, 0.1) is 12.7 Å². The molecule has 0 fully saturated rings. The van der Waals surface area contributed by atoms with Crippen molar-refractivity contribution in [1.29, 1.82) is 0 Å². The van der Waals surface area contributed by atoms with Crippen molar-refractivity contribution in [2.24, 2.45) is 0 Å². The Bertz CT molecular complexity index is 536. The molecule has 2 rings (SSSR count). The van der Waals surface area contributed by atoms with E-state index in [9.17, 15) is 4.79 Å². The summed E-state index contributed by atoms with van der Waals surface area (Å²) < 4.78 is 4.91. The zero-order chi connectivity index (χ0) is 14.3. The van der Waals surface area contributed by atoms with Crippen LogP contribution < -0.4 is 10.5 Å². The minimum absolute atomic E-state index is 0.0509. The molecule has 0 heterocycles. The van der Waals surface area contributed by atoms with Crippen LogP contribution in [0.1, 0.15) is 15.9 Å². The van der Waals surface area contributed by atoms with Gasteiger partial charge in [-0.25, -0.2) is 0 Å². The summed E-state index contributed by atoms with van der Waals surface area (Å²) >= 11 is 0. The van der Waals surface area contributed by atoms with Crippen molar-refractivity contribution < 1.29 is 14.6 Å². The van der Waals surface area contributed by atoms with Crippen LogP contribution >= 0.6 is 0 Å². The number of phenolic OH excluding ortho intramolecular Hbond substituents is 1. The van der Waals surface area contributed by atoms with Crippen molar-refractivity contribution in [2.45, 2.75) is 6.92 Å². The summed E-state index contributed by atoms with van der Waals surface area (Å²) in [7, 11) is 1.63. The van der Waals surface area contributed by atoms with E-state index in [0.717, 1.165) is 17.0 Å². The number of phenols is 1. The van der Waals surface area contributed by atoms with Crippen LogP contribution in [0.4, 0.5) is 5.69 Å². The number of hydrogen-bond donors (Lipinski definition) is 2. The molecule has 0 aliphatic rings. The van der Waals surface area contributed by atoms with E-state index in [1.807, 2.05) is 19.1 Å². The maximum absolute atomic E-state index is 10.2. The van der Waals surface area contributed by atoms with Gasteiger partial charge in [-0.1, -0.05) is 6.07 Å². The Balaban J connectivity index is 0.000000191. The lowest BCUT2D eigenvalue weighted by molar-refractivity contribution is 0.112. The average molecular weight is 259 g/mol. The molecule has 2 aromatic carbocycles. The second-order valence-electron chi connectivity index (χ2n) is 3.95. The largest absolute Gasteiger partial charge is 0.507 e. The van der Waals surface area contributed by atoms with Gasteiger partial charge in [-0.3, -0.25) is 4.79 Å². The highest BCUT2D eigenvalue weighted by Gasteiger charge is 1.96. The molecule has 4 heteroatoms. The molecular weight excluding hydrogens is 242 g/mol. The maximum atomic E-state index is 10.2. The van der Waals surface area contributed by atoms with E-state index in [0.29, 0.717) is 11.8 Å². The molecule has 0 saturated heterocycles. The van der Waals surface area contributed by atoms with Crippen LogP contribution in [0.3, 0.4) is 0 Å². The predicted octanol–water partition coefficient (Wildman–Crippen LogP) is 2.79. The monoisotopic (exact) mass is 259 g/mol. The Kier molecular flexibility index (Phi) is 5.41. The van der Waals surface area contributed by atoms with E-state index in [-0.39, 0.29) is 5.75 Å². The zero-order valence-electron chi connectivity index (χ0n) is 11.0. The molecule has 0 spiro atoms. The van der Waals surface area contributed by atoms with E-state index in [1.165, 1.54) is 0 Å². The van der Waals surface area contributed by atoms with E-state index >= 15 is 0 Å². The minimum atomic E-state index is 0.0509. The van der Waals surface area contributed by atoms with Crippen molar-refractivity contribution in [3.8, 4) is 11.5 Å². The quantitative estimate of drug-likeness (QED) is 0.642. The van der Waals surface area contributed by atoms with Crippen LogP contribution in [0.25, 0.3) is 0 Å². The molecule has 0 unspecified atom stereocenters. The molecule has 3 N–H and O–H groups in total. The van der Waals surface area contributed by atoms with Crippen LogP contribution in [0.2, 0.25) is 0 Å². The third kappa shape index (κ3) is 4.71. The number of nitrogen functional groups attached to an aromatic ring is 1. The molecule has 0 atom stereocenters. The molecule has 19 heavy (non-hydrogen) atoms. The number of methoxy groups -OCH3 is 1. The standard InChI is InChI=1S/C8H8O2.C7H9NO/c1-6-2-3-7(5-9)8(10)4-6;1-9-7-4-2-6(8)3-5-7/h2-5,10H,1H3;2-5H,8H2,1H3. The summed E-state index contributed by atoms with van der Waals surface area (Å²) in [5.74, 6) is 0.888. The number of hydrogen-bond acceptors (Lipinski definition) is 4. The summed E-state index contributed by atoms with van der Waals surface area (Å²) in [4.78, 5) is 10.2. The molecule has 0 aromatic heterocycles. The van der Waals surface area contributed by atoms with Crippen LogP contribution in [-0.2, 0) is 0 Å². The van der Waals surface area contributed by atoms with Crippen molar-refractivity contribution >= 4 is 12.0 Å². The summed E-state index contributed by atoms with van der Waals surface area (Å²) in [6, 6.07) is 12.2. The van der Waals surface area contributed by atoms with Gasteiger partial charge in [-0.2, -0.15) is 0 Å². The molecule has 0 saturated carbocycles. The van der Waals surface area contributed by atoms with Crippen LogP contribution in [-0.4, -0.2) is 18.5 Å². The van der Waals surface area contributed by atoms with Crippen molar-refractivity contribution in [3.63, 3.8) is 0 Å². The Morgan fingerprint density at radius 2 is 1.79 bits per heavy atom. The summed E-state index contributed by atoms with van der Waals surface area (Å²) in [5.41, 5.74) is 7.47. The number of aryl methyl sites for hydroxylation is 1. The van der Waals surface area contributed by atoms with Gasteiger partial charge in [0.15, 0.2) is 6.29 Å². The van der Waals surface area contributed by atoms with Gasteiger partial charge >= 0.3 is 0 Å². The number of nitrogens with two attached hydrogens (primary N) is 1. The third-order valence-corrected chi connectivity index (χ3v) is 2.43. The van der Waals surface area contributed by atoms with Crippen molar-refractivity contribution in [3.05, 3.63) is 53.6 Å². The van der Waals surface area contributed by atoms with Gasteiger partial charge < -0.3 is 15.6 Å². The van der Waals surface area contributed by atoms with Gasteiger partial charge in [0, 0.05) is 5.69 Å². The number of aldehydes is 1. The fourth-order valence-corrected chi connectivity index (χ4v) is 1.36. The Hall–Kier alpha value is -2.49. The summed E-state index contributed by atoms with van der Waals surface area (Å²) in [6.07, 6.45) is 0.634. The lowest BCUT2D eigenvalue weighted by Crippen LogP contribution is -1.84. The molecule has 0 aliphatic carbocycles. The number of ether oxygens (including phenoxy) is 1. The van der Waals surface area contributed by atoms with E-state index in [1.54, 1.807) is 37.4 Å². The van der Waals surface area contributed by atoms with Gasteiger partial charge in [0.2, 0.25) is 0 Å². The third-order valence-electron chi connectivity index (χ3n) is 2.43.